The Morgan fingerprint density at radius 3 is 1.59 bits per heavy atom. The molecule has 1 heterocycles. The van der Waals surface area contributed by atoms with Gasteiger partial charge in [-0.2, -0.15) is 0 Å². The standard InChI is InChI=1S/C60H36O/c1-3-13-37(14-4-1)43-31-32-46-48-24-12-23-47-45(33-34-53(58(47)48)61-54(46)36-43)39-29-27-38(28-30-39)42-19-9-20-44(35-42)57-50-22-8-7-21-49(50)56(41-15-5-2-6-16-41)59-51-25-10-17-40-18-11-26-52(55(40)51)60(57)59/h1-36H/i1D,2D,3D,4D,5D,6D,13D,14D,15D,16D,27D,28D,29D,30D. The Balaban J connectivity index is 0.973. The van der Waals surface area contributed by atoms with Crippen molar-refractivity contribution in [3.05, 3.63) is 218 Å². The average Bonchev–Trinajstić information content (AvgIpc) is 3.79. The first-order valence-corrected chi connectivity index (χ1v) is 19.9. The second-order valence-corrected chi connectivity index (χ2v) is 15.2. The molecular formula is C60H36O. The molecule has 11 aromatic carbocycles. The van der Waals surface area contributed by atoms with Gasteiger partial charge < -0.3 is 4.74 Å². The van der Waals surface area contributed by atoms with E-state index in [0.717, 1.165) is 49.5 Å². The van der Waals surface area contributed by atoms with Gasteiger partial charge in [0.25, 0.3) is 0 Å². The first-order valence-electron chi connectivity index (χ1n) is 26.9. The minimum atomic E-state index is -0.481. The summed E-state index contributed by atoms with van der Waals surface area (Å²) in [7, 11) is 0. The normalized spacial score (nSPS) is 15.3. The summed E-state index contributed by atoms with van der Waals surface area (Å²) in [4.78, 5) is 0. The average molecular weight is 787 g/mol. The summed E-state index contributed by atoms with van der Waals surface area (Å²) < 4.78 is 131. The molecule has 1 aliphatic carbocycles. The maximum absolute atomic E-state index is 9.61. The van der Waals surface area contributed by atoms with Gasteiger partial charge in [0.2, 0.25) is 0 Å². The molecule has 1 aliphatic heterocycles. The highest BCUT2D eigenvalue weighted by Crippen LogP contribution is 2.58. The molecule has 1 heteroatoms. The Morgan fingerprint density at radius 2 is 0.852 bits per heavy atom. The van der Waals surface area contributed by atoms with Crippen LogP contribution in [-0.4, -0.2) is 0 Å². The molecule has 0 saturated heterocycles. The lowest BCUT2D eigenvalue weighted by Gasteiger charge is -2.23. The zero-order valence-electron chi connectivity index (χ0n) is 46.1. The van der Waals surface area contributed by atoms with Crippen molar-refractivity contribution in [3.63, 3.8) is 0 Å². The molecule has 11 aromatic rings. The van der Waals surface area contributed by atoms with Gasteiger partial charge in [-0.05, 0) is 135 Å². The van der Waals surface area contributed by atoms with Crippen molar-refractivity contribution in [1.82, 2.24) is 0 Å². The number of ether oxygens (including phenoxy) is 1. The van der Waals surface area contributed by atoms with E-state index in [1.54, 1.807) is 36.4 Å². The van der Waals surface area contributed by atoms with Crippen LogP contribution in [0.5, 0.6) is 11.5 Å². The third-order valence-electron chi connectivity index (χ3n) is 12.0. The van der Waals surface area contributed by atoms with Gasteiger partial charge in [-0.3, -0.25) is 0 Å². The third-order valence-corrected chi connectivity index (χ3v) is 12.0. The smallest absolute Gasteiger partial charge is 0.135 e. The van der Waals surface area contributed by atoms with Crippen LogP contribution in [0.4, 0.5) is 0 Å². The summed E-state index contributed by atoms with van der Waals surface area (Å²) in [6.07, 6.45) is 0. The van der Waals surface area contributed by atoms with Crippen molar-refractivity contribution >= 4 is 32.3 Å². The molecule has 0 spiro atoms. The van der Waals surface area contributed by atoms with Crippen LogP contribution in [0.1, 0.15) is 19.2 Å². The fourth-order valence-corrected chi connectivity index (χ4v) is 9.49. The predicted octanol–water partition coefficient (Wildman–Crippen LogP) is 16.9. The topological polar surface area (TPSA) is 9.23 Å². The largest absolute Gasteiger partial charge is 0.456 e. The lowest BCUT2D eigenvalue weighted by Crippen LogP contribution is -1.98. The van der Waals surface area contributed by atoms with E-state index in [-0.39, 0.29) is 70.6 Å². The van der Waals surface area contributed by atoms with Crippen LogP contribution in [0.3, 0.4) is 0 Å². The number of hydrogen-bond acceptors (Lipinski definition) is 1. The van der Waals surface area contributed by atoms with Crippen LogP contribution in [0.15, 0.2) is 218 Å². The first-order chi connectivity index (χ1) is 36.1. The van der Waals surface area contributed by atoms with Crippen LogP contribution in [0.2, 0.25) is 0 Å². The van der Waals surface area contributed by atoms with E-state index >= 15 is 0 Å². The maximum Gasteiger partial charge on any atom is 0.135 e. The highest BCUT2D eigenvalue weighted by atomic mass is 16.5. The zero-order valence-corrected chi connectivity index (χ0v) is 32.1. The van der Waals surface area contributed by atoms with Gasteiger partial charge in [-0.1, -0.05) is 194 Å². The highest BCUT2D eigenvalue weighted by Gasteiger charge is 2.30. The van der Waals surface area contributed by atoms with Crippen LogP contribution in [0.25, 0.3) is 121 Å². The summed E-state index contributed by atoms with van der Waals surface area (Å²) in [5.41, 5.74) is 8.41. The van der Waals surface area contributed by atoms with Gasteiger partial charge in [0.15, 0.2) is 0 Å². The first kappa shape index (κ1) is 23.0. The van der Waals surface area contributed by atoms with Crippen LogP contribution in [-0.2, 0) is 0 Å². The molecule has 0 aromatic heterocycles. The second kappa shape index (κ2) is 13.3. The van der Waals surface area contributed by atoms with Crippen molar-refractivity contribution in [2.45, 2.75) is 0 Å². The van der Waals surface area contributed by atoms with Gasteiger partial charge in [0.1, 0.15) is 11.5 Å². The van der Waals surface area contributed by atoms with Crippen molar-refractivity contribution in [2.24, 2.45) is 0 Å². The molecule has 0 atom stereocenters. The summed E-state index contributed by atoms with van der Waals surface area (Å²) in [5.74, 6) is 0.867. The van der Waals surface area contributed by atoms with E-state index in [0.29, 0.717) is 61.0 Å². The van der Waals surface area contributed by atoms with E-state index in [9.17, 15) is 8.22 Å². The van der Waals surface area contributed by atoms with Gasteiger partial charge in [-0.15, -0.1) is 0 Å². The van der Waals surface area contributed by atoms with Crippen LogP contribution in [0, 0.1) is 0 Å². The van der Waals surface area contributed by atoms with Crippen molar-refractivity contribution in [3.8, 4) is 101 Å². The minimum Gasteiger partial charge on any atom is -0.456 e. The lowest BCUT2D eigenvalue weighted by atomic mass is 9.82. The number of benzene rings is 11. The third kappa shape index (κ3) is 5.14. The van der Waals surface area contributed by atoms with Crippen LogP contribution >= 0.6 is 0 Å². The second-order valence-electron chi connectivity index (χ2n) is 15.2. The molecule has 13 rings (SSSR count). The molecule has 0 bridgehead atoms. The van der Waals surface area contributed by atoms with Crippen LogP contribution < -0.4 is 4.74 Å². The van der Waals surface area contributed by atoms with E-state index in [1.807, 2.05) is 97.1 Å². The van der Waals surface area contributed by atoms with Gasteiger partial charge >= 0.3 is 0 Å². The molecule has 0 radical (unpaired) electrons. The molecule has 0 N–H and O–H groups in total. The monoisotopic (exact) mass is 786 g/mol. The van der Waals surface area contributed by atoms with Crippen molar-refractivity contribution in [2.75, 3.05) is 0 Å². The minimum absolute atomic E-state index is 0.0511. The summed E-state index contributed by atoms with van der Waals surface area (Å²) >= 11 is 0. The fraction of sp³-hybridized carbons (Fsp3) is 0. The molecule has 0 amide bonds. The van der Waals surface area contributed by atoms with Gasteiger partial charge in [0, 0.05) is 10.9 Å². The van der Waals surface area contributed by atoms with Gasteiger partial charge in [0.05, 0.1) is 19.2 Å². The Kier molecular flexibility index (Phi) is 4.99. The van der Waals surface area contributed by atoms with E-state index < -0.39 is 36.3 Å². The van der Waals surface area contributed by atoms with E-state index in [2.05, 4.69) is 0 Å². The fourth-order valence-electron chi connectivity index (χ4n) is 9.49. The quantitative estimate of drug-likeness (QED) is 0.169. The summed E-state index contributed by atoms with van der Waals surface area (Å²) in [6, 6.07) is 36.3. The Hall–Kier alpha value is -8.00. The Bertz CT molecular complexity index is 4360. The Morgan fingerprint density at radius 1 is 0.295 bits per heavy atom. The Labute approximate surface area is 374 Å². The van der Waals surface area contributed by atoms with Crippen molar-refractivity contribution in [1.29, 1.82) is 0 Å². The highest BCUT2D eigenvalue weighted by molar-refractivity contribution is 6.27. The molecule has 61 heavy (non-hydrogen) atoms. The molecule has 0 fully saturated rings. The molecule has 1 nitrogen and oxygen atoms in total. The predicted molar refractivity (Wildman–Crippen MR) is 256 cm³/mol. The molecule has 2 aliphatic rings. The van der Waals surface area contributed by atoms with Crippen molar-refractivity contribution < 1.29 is 23.9 Å². The molecule has 0 saturated carbocycles. The number of rotatable bonds is 5. The van der Waals surface area contributed by atoms with E-state index in [4.69, 9.17) is 15.7 Å². The van der Waals surface area contributed by atoms with Gasteiger partial charge in [-0.25, -0.2) is 0 Å². The summed E-state index contributed by atoms with van der Waals surface area (Å²) in [5, 5.41) is 4.66. The molecule has 0 unspecified atom stereocenters. The summed E-state index contributed by atoms with van der Waals surface area (Å²) in [6.45, 7) is 0. The lowest BCUT2D eigenvalue weighted by molar-refractivity contribution is 0.487. The zero-order chi connectivity index (χ0) is 52.2. The maximum atomic E-state index is 9.61. The molecule has 282 valence electrons. The van der Waals surface area contributed by atoms with E-state index in [1.165, 1.54) is 0 Å². The number of hydrogen-bond donors (Lipinski definition) is 0. The number of fused-ring (bicyclic) bond motifs is 6. The molecular weight excluding hydrogens is 737 g/mol. The SMILES string of the molecule is [2H]c1c([2H])c([2H])c(-c2ccc3c(c2)Oc2ccc(-c4c([2H])c([2H])c(-c5cccc(-c6c7c(c(-c8c([2H])c([2H])c([2H])c([2H])c8[2H])c8ccccc68)-c6cccc8cccc-7c68)c5)c([2H])c4[2H])c4cccc-3c24)c([2H])c1[2H].